The first-order chi connectivity index (χ1) is 10.4. The van der Waals surface area contributed by atoms with Gasteiger partial charge in [-0.25, -0.2) is 0 Å². The number of rotatable bonds is 0. The lowest BCUT2D eigenvalue weighted by Gasteiger charge is -2.17. The van der Waals surface area contributed by atoms with E-state index in [1.165, 1.54) is 33.9 Å². The van der Waals surface area contributed by atoms with Gasteiger partial charge in [-0.1, -0.05) is 20.8 Å². The van der Waals surface area contributed by atoms with Crippen LogP contribution in [-0.4, -0.2) is 0 Å². The van der Waals surface area contributed by atoms with Crippen LogP contribution < -0.4 is 0 Å². The molecule has 2 heterocycles. The van der Waals surface area contributed by atoms with Gasteiger partial charge in [0.05, 0.1) is 6.26 Å². The van der Waals surface area contributed by atoms with Crippen molar-refractivity contribution in [3.8, 4) is 0 Å². The summed E-state index contributed by atoms with van der Waals surface area (Å²) < 4.78 is 12.5. The number of hydrogen-bond acceptors (Lipinski definition) is 3. The molecule has 0 saturated carbocycles. The molecule has 3 heteroatoms. The highest BCUT2D eigenvalue weighted by atomic mass is 32.1. The maximum Gasteiger partial charge on any atom is 0.194 e. The molecular weight excluding hydrogens is 292 g/mol. The SMILES string of the molecule is Cc1c2occ(C(C)(C)C)c2cc2c3c(c(=S)oc12)CCC3. The molecule has 1 aliphatic rings. The van der Waals surface area contributed by atoms with Gasteiger partial charge in [-0.15, -0.1) is 0 Å². The van der Waals surface area contributed by atoms with Crippen molar-refractivity contribution < 1.29 is 8.83 Å². The number of benzene rings is 1. The molecule has 1 aliphatic carbocycles. The predicted octanol–water partition coefficient (Wildman–Crippen LogP) is 6.00. The first kappa shape index (κ1) is 14.0. The van der Waals surface area contributed by atoms with Crippen LogP contribution in [0.15, 0.2) is 21.2 Å². The normalized spacial score (nSPS) is 14.9. The zero-order chi connectivity index (χ0) is 15.6. The lowest BCUT2D eigenvalue weighted by molar-refractivity contribution is 0.554. The van der Waals surface area contributed by atoms with Crippen molar-refractivity contribution in [2.75, 3.05) is 0 Å². The third-order valence-corrected chi connectivity index (χ3v) is 5.17. The smallest absolute Gasteiger partial charge is 0.194 e. The summed E-state index contributed by atoms with van der Waals surface area (Å²) in [5.74, 6) is 0. The van der Waals surface area contributed by atoms with Crippen LogP contribution in [0.2, 0.25) is 0 Å². The molecule has 0 radical (unpaired) electrons. The van der Waals surface area contributed by atoms with E-state index < -0.39 is 0 Å². The van der Waals surface area contributed by atoms with E-state index in [0.29, 0.717) is 4.71 Å². The van der Waals surface area contributed by atoms with Crippen molar-refractivity contribution in [1.82, 2.24) is 0 Å². The summed E-state index contributed by atoms with van der Waals surface area (Å²) in [5.41, 5.74) is 6.82. The summed E-state index contributed by atoms with van der Waals surface area (Å²) in [6.07, 6.45) is 5.20. The van der Waals surface area contributed by atoms with Crippen LogP contribution in [0.4, 0.5) is 0 Å². The molecule has 2 nitrogen and oxygen atoms in total. The maximum absolute atomic E-state index is 5.99. The van der Waals surface area contributed by atoms with Crippen molar-refractivity contribution in [2.24, 2.45) is 0 Å². The molecule has 0 bridgehead atoms. The van der Waals surface area contributed by atoms with E-state index in [4.69, 9.17) is 21.1 Å². The van der Waals surface area contributed by atoms with Gasteiger partial charge in [0.15, 0.2) is 4.71 Å². The fourth-order valence-electron chi connectivity index (χ4n) is 3.67. The van der Waals surface area contributed by atoms with E-state index >= 15 is 0 Å². The van der Waals surface area contributed by atoms with Crippen LogP contribution in [0.5, 0.6) is 0 Å². The molecule has 0 N–H and O–H groups in total. The van der Waals surface area contributed by atoms with Gasteiger partial charge in [0.2, 0.25) is 0 Å². The van der Waals surface area contributed by atoms with Crippen LogP contribution in [0, 0.1) is 11.6 Å². The molecule has 22 heavy (non-hydrogen) atoms. The third kappa shape index (κ3) is 1.81. The van der Waals surface area contributed by atoms with Crippen molar-refractivity contribution in [3.05, 3.63) is 39.3 Å². The molecule has 4 rings (SSSR count). The van der Waals surface area contributed by atoms with Crippen LogP contribution in [0.25, 0.3) is 21.9 Å². The van der Waals surface area contributed by atoms with Crippen LogP contribution >= 0.6 is 12.2 Å². The Morgan fingerprint density at radius 3 is 2.50 bits per heavy atom. The molecule has 0 aliphatic heterocycles. The standard InChI is InChI=1S/C19H20O2S/c1-10-16-14(15(9-20-16)19(2,3)4)8-13-11-6-5-7-12(11)18(22)21-17(10)13/h8-9H,5-7H2,1-4H3. The van der Waals surface area contributed by atoms with Gasteiger partial charge in [0.25, 0.3) is 0 Å². The largest absolute Gasteiger partial charge is 0.464 e. The minimum Gasteiger partial charge on any atom is -0.464 e. The summed E-state index contributed by atoms with van der Waals surface area (Å²) >= 11 is 5.46. The summed E-state index contributed by atoms with van der Waals surface area (Å²) in [7, 11) is 0. The Morgan fingerprint density at radius 2 is 1.77 bits per heavy atom. The van der Waals surface area contributed by atoms with Gasteiger partial charge in [0.1, 0.15) is 11.2 Å². The first-order valence-corrected chi connectivity index (χ1v) is 8.28. The zero-order valence-electron chi connectivity index (χ0n) is 13.5. The highest BCUT2D eigenvalue weighted by Crippen LogP contribution is 2.40. The Bertz CT molecular complexity index is 967. The van der Waals surface area contributed by atoms with Gasteiger partial charge in [-0.2, -0.15) is 0 Å². The summed E-state index contributed by atoms with van der Waals surface area (Å²) in [4.78, 5) is 0. The summed E-state index contributed by atoms with van der Waals surface area (Å²) in [6, 6.07) is 2.25. The van der Waals surface area contributed by atoms with Crippen molar-refractivity contribution >= 4 is 34.2 Å². The molecule has 0 amide bonds. The van der Waals surface area contributed by atoms with E-state index in [1.807, 2.05) is 6.26 Å². The lowest BCUT2D eigenvalue weighted by Crippen LogP contribution is -2.09. The highest BCUT2D eigenvalue weighted by molar-refractivity contribution is 7.71. The molecule has 0 fully saturated rings. The minimum absolute atomic E-state index is 0.0592. The number of furan rings is 1. The van der Waals surface area contributed by atoms with Crippen molar-refractivity contribution in [2.45, 2.75) is 52.4 Å². The fraction of sp³-hybridized carbons (Fsp3) is 0.421. The molecule has 1 aromatic carbocycles. The van der Waals surface area contributed by atoms with Gasteiger partial charge in [-0.05, 0) is 55.4 Å². The first-order valence-electron chi connectivity index (χ1n) is 7.88. The third-order valence-electron chi connectivity index (χ3n) is 4.84. The quantitative estimate of drug-likeness (QED) is 0.476. The van der Waals surface area contributed by atoms with E-state index in [9.17, 15) is 0 Å². The monoisotopic (exact) mass is 312 g/mol. The van der Waals surface area contributed by atoms with E-state index in [0.717, 1.165) is 29.6 Å². The Labute approximate surface area is 135 Å². The highest BCUT2D eigenvalue weighted by Gasteiger charge is 2.24. The predicted molar refractivity (Wildman–Crippen MR) is 92.3 cm³/mol. The van der Waals surface area contributed by atoms with Gasteiger partial charge in [-0.3, -0.25) is 0 Å². The Kier molecular flexibility index (Phi) is 2.83. The Balaban J connectivity index is 2.20. The van der Waals surface area contributed by atoms with Crippen molar-refractivity contribution in [1.29, 1.82) is 0 Å². The second-order valence-corrected chi connectivity index (χ2v) is 7.73. The van der Waals surface area contributed by atoms with E-state index in [-0.39, 0.29) is 5.41 Å². The number of fused-ring (bicyclic) bond motifs is 4. The average Bonchev–Trinajstić information content (AvgIpc) is 3.06. The van der Waals surface area contributed by atoms with Gasteiger partial charge < -0.3 is 8.83 Å². The summed E-state index contributed by atoms with van der Waals surface area (Å²) in [6.45, 7) is 8.73. The van der Waals surface area contributed by atoms with Crippen LogP contribution in [0.3, 0.4) is 0 Å². The van der Waals surface area contributed by atoms with Gasteiger partial charge in [0, 0.05) is 27.5 Å². The lowest BCUT2D eigenvalue weighted by atomic mass is 9.86. The molecule has 0 spiro atoms. The second kappa shape index (κ2) is 4.45. The molecular formula is C19H20O2S. The Hall–Kier alpha value is -1.61. The fourth-order valence-corrected chi connectivity index (χ4v) is 3.98. The number of hydrogen-bond donors (Lipinski definition) is 0. The molecule has 2 aromatic heterocycles. The van der Waals surface area contributed by atoms with Gasteiger partial charge >= 0.3 is 0 Å². The molecule has 0 saturated heterocycles. The summed E-state index contributed by atoms with van der Waals surface area (Å²) in [5, 5.41) is 2.43. The number of aryl methyl sites for hydroxylation is 2. The second-order valence-electron chi connectivity index (χ2n) is 7.35. The van der Waals surface area contributed by atoms with Crippen LogP contribution in [-0.2, 0) is 18.3 Å². The molecule has 0 atom stereocenters. The topological polar surface area (TPSA) is 26.3 Å². The molecule has 0 unspecified atom stereocenters. The van der Waals surface area contributed by atoms with E-state index in [2.05, 4.69) is 33.8 Å². The zero-order valence-corrected chi connectivity index (χ0v) is 14.3. The molecule has 3 aromatic rings. The Morgan fingerprint density at radius 1 is 1.05 bits per heavy atom. The average molecular weight is 312 g/mol. The van der Waals surface area contributed by atoms with Crippen molar-refractivity contribution in [3.63, 3.8) is 0 Å². The van der Waals surface area contributed by atoms with E-state index in [1.54, 1.807) is 0 Å². The minimum atomic E-state index is 0.0592. The molecule has 114 valence electrons. The van der Waals surface area contributed by atoms with Crippen LogP contribution in [0.1, 0.15) is 49.4 Å². The maximum atomic E-state index is 5.99.